The number of benzene rings is 1. The van der Waals surface area contributed by atoms with Gasteiger partial charge in [0.2, 0.25) is 0 Å². The molecule has 0 bridgehead atoms. The average molecular weight is 271 g/mol. The van der Waals surface area contributed by atoms with Gasteiger partial charge in [-0.25, -0.2) is 0 Å². The van der Waals surface area contributed by atoms with Crippen LogP contribution in [-0.2, 0) is 4.79 Å². The maximum absolute atomic E-state index is 10.6. The van der Waals surface area contributed by atoms with Crippen LogP contribution in [0.1, 0.15) is 19.3 Å². The molecular formula is C15H17N3O2. The van der Waals surface area contributed by atoms with Crippen molar-refractivity contribution >= 4 is 22.6 Å². The van der Waals surface area contributed by atoms with Crippen LogP contribution < -0.4 is 4.90 Å². The molecule has 1 atom stereocenters. The number of hydrogen-bond acceptors (Lipinski definition) is 4. The van der Waals surface area contributed by atoms with E-state index >= 15 is 0 Å². The fourth-order valence-electron chi connectivity index (χ4n) is 2.83. The fourth-order valence-corrected chi connectivity index (χ4v) is 2.83. The number of carboxylic acids is 1. The summed E-state index contributed by atoms with van der Waals surface area (Å²) < 4.78 is 0. The van der Waals surface area contributed by atoms with E-state index in [2.05, 4.69) is 21.2 Å². The van der Waals surface area contributed by atoms with Crippen LogP contribution in [0.2, 0.25) is 0 Å². The molecule has 2 heterocycles. The first-order valence-electron chi connectivity index (χ1n) is 6.91. The van der Waals surface area contributed by atoms with Crippen LogP contribution in [-0.4, -0.2) is 34.4 Å². The second kappa shape index (κ2) is 5.45. The predicted molar refractivity (Wildman–Crippen MR) is 76.7 cm³/mol. The van der Waals surface area contributed by atoms with Gasteiger partial charge in [0.25, 0.3) is 0 Å². The van der Waals surface area contributed by atoms with Crippen molar-refractivity contribution in [3.05, 3.63) is 30.5 Å². The van der Waals surface area contributed by atoms with Gasteiger partial charge < -0.3 is 10.0 Å². The number of aliphatic carboxylic acids is 1. The van der Waals surface area contributed by atoms with Crippen LogP contribution in [0, 0.1) is 5.92 Å². The minimum Gasteiger partial charge on any atom is -0.481 e. The lowest BCUT2D eigenvalue weighted by atomic mass is 10.0. The monoisotopic (exact) mass is 271 g/mol. The van der Waals surface area contributed by atoms with Gasteiger partial charge in [-0.3, -0.25) is 4.79 Å². The molecular weight excluding hydrogens is 254 g/mol. The van der Waals surface area contributed by atoms with Gasteiger partial charge >= 0.3 is 5.97 Å². The second-order valence-corrected chi connectivity index (χ2v) is 5.29. The van der Waals surface area contributed by atoms with Crippen molar-refractivity contribution in [2.45, 2.75) is 19.3 Å². The standard InChI is InChI=1S/C15H17N3O2/c19-14(20)6-5-11-7-8-18(10-11)15-13-4-2-1-3-12(13)9-16-17-15/h1-4,9,11H,5-8,10H2,(H,19,20). The number of anilines is 1. The highest BCUT2D eigenvalue weighted by Crippen LogP contribution is 2.29. The largest absolute Gasteiger partial charge is 0.481 e. The molecule has 104 valence electrons. The zero-order chi connectivity index (χ0) is 13.9. The maximum atomic E-state index is 10.6. The van der Waals surface area contributed by atoms with Gasteiger partial charge in [0.15, 0.2) is 5.82 Å². The van der Waals surface area contributed by atoms with Crippen LogP contribution >= 0.6 is 0 Å². The third kappa shape index (κ3) is 2.57. The molecule has 0 amide bonds. The molecule has 1 N–H and O–H groups in total. The Labute approximate surface area is 117 Å². The van der Waals surface area contributed by atoms with Gasteiger partial charge in [0, 0.05) is 30.3 Å². The highest BCUT2D eigenvalue weighted by molar-refractivity contribution is 5.91. The van der Waals surface area contributed by atoms with Crippen LogP contribution in [0.3, 0.4) is 0 Å². The van der Waals surface area contributed by atoms with Gasteiger partial charge in [-0.05, 0) is 18.8 Å². The Morgan fingerprint density at radius 1 is 1.40 bits per heavy atom. The van der Waals surface area contributed by atoms with E-state index in [1.54, 1.807) is 6.20 Å². The number of nitrogens with zero attached hydrogens (tertiary/aromatic N) is 3. The third-order valence-electron chi connectivity index (χ3n) is 3.90. The van der Waals surface area contributed by atoms with Crippen molar-refractivity contribution in [3.8, 4) is 0 Å². The summed E-state index contributed by atoms with van der Waals surface area (Å²) in [7, 11) is 0. The number of carbonyl (C=O) groups is 1. The van der Waals surface area contributed by atoms with Crippen LogP contribution in [0.15, 0.2) is 30.5 Å². The van der Waals surface area contributed by atoms with Crippen LogP contribution in [0.25, 0.3) is 10.8 Å². The molecule has 20 heavy (non-hydrogen) atoms. The first-order chi connectivity index (χ1) is 9.74. The normalized spacial score (nSPS) is 18.6. The lowest BCUT2D eigenvalue weighted by Crippen LogP contribution is -2.21. The molecule has 0 aliphatic carbocycles. The molecule has 1 saturated heterocycles. The van der Waals surface area contributed by atoms with E-state index in [1.165, 1.54) is 0 Å². The van der Waals surface area contributed by atoms with E-state index in [0.29, 0.717) is 5.92 Å². The number of hydrogen-bond donors (Lipinski definition) is 1. The Kier molecular flexibility index (Phi) is 3.50. The summed E-state index contributed by atoms with van der Waals surface area (Å²) in [5, 5.41) is 19.3. The van der Waals surface area contributed by atoms with Crippen molar-refractivity contribution in [3.63, 3.8) is 0 Å². The van der Waals surface area contributed by atoms with Gasteiger partial charge in [0.05, 0.1) is 6.20 Å². The molecule has 1 aliphatic rings. The fraction of sp³-hybridized carbons (Fsp3) is 0.400. The van der Waals surface area contributed by atoms with E-state index in [9.17, 15) is 4.79 Å². The Morgan fingerprint density at radius 2 is 2.25 bits per heavy atom. The quantitative estimate of drug-likeness (QED) is 0.924. The smallest absolute Gasteiger partial charge is 0.303 e. The summed E-state index contributed by atoms with van der Waals surface area (Å²) >= 11 is 0. The molecule has 1 fully saturated rings. The Bertz CT molecular complexity index is 624. The van der Waals surface area contributed by atoms with Crippen LogP contribution in [0.5, 0.6) is 0 Å². The van der Waals surface area contributed by atoms with Crippen molar-refractivity contribution in [1.82, 2.24) is 10.2 Å². The summed E-state index contributed by atoms with van der Waals surface area (Å²) in [6, 6.07) is 8.09. The van der Waals surface area contributed by atoms with Crippen molar-refractivity contribution in [1.29, 1.82) is 0 Å². The van der Waals surface area contributed by atoms with E-state index < -0.39 is 5.97 Å². The van der Waals surface area contributed by atoms with Crippen molar-refractivity contribution in [2.24, 2.45) is 5.92 Å². The predicted octanol–water partition coefficient (Wildman–Crippen LogP) is 2.32. The molecule has 5 heteroatoms. The summed E-state index contributed by atoms with van der Waals surface area (Å²) in [6.07, 6.45) is 3.79. The summed E-state index contributed by atoms with van der Waals surface area (Å²) in [6.45, 7) is 1.79. The lowest BCUT2D eigenvalue weighted by molar-refractivity contribution is -0.137. The van der Waals surface area contributed by atoms with E-state index in [4.69, 9.17) is 5.11 Å². The number of rotatable bonds is 4. The Morgan fingerprint density at radius 3 is 3.10 bits per heavy atom. The molecule has 0 spiro atoms. The average Bonchev–Trinajstić information content (AvgIpc) is 2.93. The third-order valence-corrected chi connectivity index (χ3v) is 3.90. The number of fused-ring (bicyclic) bond motifs is 1. The molecule has 1 aromatic carbocycles. The molecule has 3 rings (SSSR count). The minimum absolute atomic E-state index is 0.250. The van der Waals surface area contributed by atoms with Gasteiger partial charge in [0.1, 0.15) is 0 Å². The SMILES string of the molecule is O=C(O)CCC1CCN(c2nncc3ccccc23)C1. The Balaban J connectivity index is 1.78. The van der Waals surface area contributed by atoms with E-state index in [0.717, 1.165) is 42.5 Å². The van der Waals surface area contributed by atoms with Crippen LogP contribution in [0.4, 0.5) is 5.82 Å². The van der Waals surface area contributed by atoms with Gasteiger partial charge in [-0.15, -0.1) is 5.10 Å². The van der Waals surface area contributed by atoms with Gasteiger partial charge in [-0.1, -0.05) is 24.3 Å². The second-order valence-electron chi connectivity index (χ2n) is 5.29. The topological polar surface area (TPSA) is 66.3 Å². The van der Waals surface area contributed by atoms with Gasteiger partial charge in [-0.2, -0.15) is 5.10 Å². The molecule has 1 aliphatic heterocycles. The zero-order valence-electron chi connectivity index (χ0n) is 11.2. The molecule has 1 unspecified atom stereocenters. The Hall–Kier alpha value is -2.17. The zero-order valence-corrected chi connectivity index (χ0v) is 11.2. The summed E-state index contributed by atoms with van der Waals surface area (Å²) in [5.74, 6) is 0.640. The molecule has 0 radical (unpaired) electrons. The maximum Gasteiger partial charge on any atom is 0.303 e. The number of carboxylic acid groups (broad SMARTS) is 1. The molecule has 1 aromatic heterocycles. The lowest BCUT2D eigenvalue weighted by Gasteiger charge is -2.18. The highest BCUT2D eigenvalue weighted by atomic mass is 16.4. The highest BCUT2D eigenvalue weighted by Gasteiger charge is 2.25. The summed E-state index contributed by atoms with van der Waals surface area (Å²) in [5.41, 5.74) is 0. The van der Waals surface area contributed by atoms with E-state index in [-0.39, 0.29) is 6.42 Å². The molecule has 2 aromatic rings. The first kappa shape index (κ1) is 12.8. The molecule has 0 saturated carbocycles. The minimum atomic E-state index is -0.714. The summed E-state index contributed by atoms with van der Waals surface area (Å²) in [4.78, 5) is 12.9. The first-order valence-corrected chi connectivity index (χ1v) is 6.91. The number of aromatic nitrogens is 2. The van der Waals surface area contributed by atoms with E-state index in [1.807, 2.05) is 18.2 Å². The van der Waals surface area contributed by atoms with Crippen molar-refractivity contribution in [2.75, 3.05) is 18.0 Å². The molecule has 5 nitrogen and oxygen atoms in total. The van der Waals surface area contributed by atoms with Crippen molar-refractivity contribution < 1.29 is 9.90 Å².